The van der Waals surface area contributed by atoms with Gasteiger partial charge in [0.2, 0.25) is 0 Å². The second-order valence-electron chi connectivity index (χ2n) is 1.12. The molecule has 3 N–H and O–H groups in total. The van der Waals surface area contributed by atoms with Gasteiger partial charge >= 0.3 is 0 Å². The van der Waals surface area contributed by atoms with Crippen molar-refractivity contribution in [1.82, 2.24) is 5.32 Å². The van der Waals surface area contributed by atoms with Crippen molar-refractivity contribution in [1.29, 1.82) is 0 Å². The zero-order valence-corrected chi connectivity index (χ0v) is 5.51. The maximum Gasteiger partial charge on any atom is 0.164 e. The van der Waals surface area contributed by atoms with Gasteiger partial charge in [-0.05, 0) is 19.1 Å². The van der Waals surface area contributed by atoms with Gasteiger partial charge in [0.15, 0.2) is 5.11 Å². The molecule has 42 valence electrons. The summed E-state index contributed by atoms with van der Waals surface area (Å²) in [6.45, 7) is 1.75. The molecule has 0 amide bonds. The largest absolute Gasteiger partial charge is 0.376 e. The predicted octanol–water partition coefficient (Wildman–Crippen LogP) is 0.404. The van der Waals surface area contributed by atoms with E-state index in [9.17, 15) is 0 Å². The van der Waals surface area contributed by atoms with Crippen LogP contribution in [0.5, 0.6) is 0 Å². The Labute approximate surface area is 53.0 Å². The smallest absolute Gasteiger partial charge is 0.164 e. The Kier molecular flexibility index (Phi) is 3.04. The first-order chi connectivity index (χ1) is 3.13. The number of nitrogens with two attached hydrogens (primary N) is 1. The summed E-state index contributed by atoms with van der Waals surface area (Å²) in [5, 5.41) is 2.82. The van der Waals surface area contributed by atoms with Crippen LogP contribution in [0.4, 0.5) is 0 Å². The van der Waals surface area contributed by atoms with E-state index in [0.717, 1.165) is 0 Å². The van der Waals surface area contributed by atoms with Gasteiger partial charge in [-0.1, -0.05) is 11.6 Å². The van der Waals surface area contributed by atoms with E-state index in [-0.39, 0.29) is 10.6 Å². The molecule has 0 aromatic carbocycles. The molecule has 0 heterocycles. The standard InChI is InChI=1S/C3H7ClN2S/c1-2(4)6-3(5)7/h2H,1H3,(H3,5,6,7). The maximum atomic E-state index is 5.39. The van der Waals surface area contributed by atoms with Gasteiger partial charge in [0.1, 0.15) is 5.50 Å². The molecule has 0 aliphatic heterocycles. The Morgan fingerprint density at radius 1 is 2.00 bits per heavy atom. The molecule has 1 atom stereocenters. The molecule has 2 nitrogen and oxygen atoms in total. The molecule has 7 heavy (non-hydrogen) atoms. The molecule has 0 spiro atoms. The Morgan fingerprint density at radius 3 is 2.43 bits per heavy atom. The molecule has 0 saturated carbocycles. The van der Waals surface area contributed by atoms with Crippen molar-refractivity contribution in [3.05, 3.63) is 0 Å². The molecule has 0 bridgehead atoms. The highest BCUT2D eigenvalue weighted by molar-refractivity contribution is 7.80. The Balaban J connectivity index is 3.13. The highest BCUT2D eigenvalue weighted by Crippen LogP contribution is 1.83. The molecular weight excluding hydrogens is 132 g/mol. The average Bonchev–Trinajstić information content (AvgIpc) is 1.27. The normalized spacial score (nSPS) is 12.9. The van der Waals surface area contributed by atoms with Crippen LogP contribution in [0.2, 0.25) is 0 Å². The third-order valence-corrected chi connectivity index (χ3v) is 0.568. The van der Waals surface area contributed by atoms with Crippen LogP contribution in [0.3, 0.4) is 0 Å². The second kappa shape index (κ2) is 3.04. The van der Waals surface area contributed by atoms with Crippen molar-refractivity contribution in [2.24, 2.45) is 5.73 Å². The summed E-state index contributed by atoms with van der Waals surface area (Å²) in [6.07, 6.45) is 0. The van der Waals surface area contributed by atoms with E-state index in [1.807, 2.05) is 0 Å². The van der Waals surface area contributed by atoms with Crippen molar-refractivity contribution >= 4 is 28.9 Å². The van der Waals surface area contributed by atoms with Crippen LogP contribution in [0.1, 0.15) is 6.92 Å². The summed E-state index contributed by atoms with van der Waals surface area (Å²) in [5.74, 6) is 0. The first-order valence-corrected chi connectivity index (χ1v) is 2.67. The SMILES string of the molecule is CC(Cl)NC(N)=S. The van der Waals surface area contributed by atoms with Crippen molar-refractivity contribution in [2.45, 2.75) is 12.4 Å². The Morgan fingerprint density at radius 2 is 2.43 bits per heavy atom. The molecule has 0 aromatic rings. The van der Waals surface area contributed by atoms with Gasteiger partial charge in [0.25, 0.3) is 0 Å². The minimum Gasteiger partial charge on any atom is -0.376 e. The lowest BCUT2D eigenvalue weighted by atomic mass is 10.7. The van der Waals surface area contributed by atoms with Gasteiger partial charge in [-0.25, -0.2) is 0 Å². The lowest BCUT2D eigenvalue weighted by Gasteiger charge is -2.02. The molecule has 0 rings (SSSR count). The van der Waals surface area contributed by atoms with Gasteiger partial charge in [-0.3, -0.25) is 0 Å². The van der Waals surface area contributed by atoms with E-state index in [1.165, 1.54) is 0 Å². The van der Waals surface area contributed by atoms with E-state index in [2.05, 4.69) is 17.5 Å². The Bertz CT molecular complexity index is 73.3. The molecule has 0 aliphatic rings. The van der Waals surface area contributed by atoms with Crippen molar-refractivity contribution in [2.75, 3.05) is 0 Å². The van der Waals surface area contributed by atoms with Crippen molar-refractivity contribution < 1.29 is 0 Å². The molecule has 0 saturated heterocycles. The van der Waals surface area contributed by atoms with Crippen LogP contribution in [0.25, 0.3) is 0 Å². The third-order valence-electron chi connectivity index (χ3n) is 0.341. The van der Waals surface area contributed by atoms with Crippen LogP contribution in [0.15, 0.2) is 0 Å². The molecule has 0 fully saturated rings. The number of thiocarbonyl (C=S) groups is 1. The first-order valence-electron chi connectivity index (χ1n) is 1.83. The number of nitrogens with one attached hydrogen (secondary N) is 1. The molecule has 1 unspecified atom stereocenters. The highest BCUT2D eigenvalue weighted by atomic mass is 35.5. The van der Waals surface area contributed by atoms with Crippen LogP contribution >= 0.6 is 23.8 Å². The Hall–Kier alpha value is -0.0200. The van der Waals surface area contributed by atoms with Gasteiger partial charge in [-0.2, -0.15) is 0 Å². The summed E-state index contributed by atoms with van der Waals surface area (Å²) in [4.78, 5) is 0. The van der Waals surface area contributed by atoms with Crippen LogP contribution in [-0.4, -0.2) is 10.6 Å². The zero-order chi connectivity index (χ0) is 5.86. The van der Waals surface area contributed by atoms with Gasteiger partial charge in [0.05, 0.1) is 0 Å². The second-order valence-corrected chi connectivity index (χ2v) is 2.22. The third kappa shape index (κ3) is 5.98. The number of alkyl halides is 1. The average molecular weight is 139 g/mol. The monoisotopic (exact) mass is 138 g/mol. The van der Waals surface area contributed by atoms with E-state index < -0.39 is 0 Å². The van der Waals surface area contributed by atoms with Crippen molar-refractivity contribution in [3.63, 3.8) is 0 Å². The summed E-state index contributed by atoms with van der Waals surface area (Å²) in [6, 6.07) is 0. The zero-order valence-electron chi connectivity index (χ0n) is 3.94. The van der Waals surface area contributed by atoms with Gasteiger partial charge in [0, 0.05) is 0 Å². The lowest BCUT2D eigenvalue weighted by molar-refractivity contribution is 0.891. The highest BCUT2D eigenvalue weighted by Gasteiger charge is 1.90. The quantitative estimate of drug-likeness (QED) is 0.313. The lowest BCUT2D eigenvalue weighted by Crippen LogP contribution is -2.33. The molecule has 0 aliphatic carbocycles. The van der Waals surface area contributed by atoms with Crippen LogP contribution in [0, 0.1) is 0 Å². The number of hydrogen-bond donors (Lipinski definition) is 2. The minimum atomic E-state index is -0.169. The molecule has 0 aromatic heterocycles. The minimum absolute atomic E-state index is 0.169. The summed E-state index contributed by atoms with van der Waals surface area (Å²) in [5.41, 5.74) is 4.86. The van der Waals surface area contributed by atoms with E-state index in [1.54, 1.807) is 6.92 Å². The van der Waals surface area contributed by atoms with Crippen LogP contribution < -0.4 is 11.1 Å². The van der Waals surface area contributed by atoms with Crippen molar-refractivity contribution in [3.8, 4) is 0 Å². The predicted molar refractivity (Wildman–Crippen MR) is 35.2 cm³/mol. The van der Waals surface area contributed by atoms with E-state index in [4.69, 9.17) is 17.3 Å². The molecule has 0 radical (unpaired) electrons. The van der Waals surface area contributed by atoms with Gasteiger partial charge in [-0.15, -0.1) is 0 Å². The topological polar surface area (TPSA) is 38.0 Å². The maximum absolute atomic E-state index is 5.39. The number of hydrogen-bond acceptors (Lipinski definition) is 1. The molecular formula is C3H7ClN2S. The summed E-state index contributed by atoms with van der Waals surface area (Å²) in [7, 11) is 0. The molecule has 4 heteroatoms. The van der Waals surface area contributed by atoms with E-state index >= 15 is 0 Å². The fourth-order valence-corrected chi connectivity index (χ4v) is 0.555. The fourth-order valence-electron chi connectivity index (χ4n) is 0.196. The fraction of sp³-hybridized carbons (Fsp3) is 0.667. The summed E-state index contributed by atoms with van der Waals surface area (Å²) < 4.78 is 0. The van der Waals surface area contributed by atoms with E-state index in [0.29, 0.717) is 0 Å². The number of rotatable bonds is 1. The first kappa shape index (κ1) is 6.98. The summed E-state index contributed by atoms with van der Waals surface area (Å²) >= 11 is 9.85. The van der Waals surface area contributed by atoms with Crippen LogP contribution in [-0.2, 0) is 0 Å². The number of halogens is 1. The van der Waals surface area contributed by atoms with Gasteiger partial charge < -0.3 is 11.1 Å².